The van der Waals surface area contributed by atoms with Gasteiger partial charge in [0.15, 0.2) is 11.5 Å². The zero-order valence-corrected chi connectivity index (χ0v) is 12.9. The first-order valence-electron chi connectivity index (χ1n) is 6.94. The molecule has 0 spiro atoms. The van der Waals surface area contributed by atoms with Crippen LogP contribution in [-0.2, 0) is 11.2 Å². The van der Waals surface area contributed by atoms with Crippen LogP contribution in [0.25, 0.3) is 0 Å². The molecule has 23 heavy (non-hydrogen) atoms. The Bertz CT molecular complexity index is 713. The summed E-state index contributed by atoms with van der Waals surface area (Å²) in [5.41, 5.74) is 3.92. The van der Waals surface area contributed by atoms with Crippen molar-refractivity contribution in [2.75, 3.05) is 14.2 Å². The third-order valence-electron chi connectivity index (χ3n) is 3.09. The third kappa shape index (κ3) is 4.74. The van der Waals surface area contributed by atoms with Crippen LogP contribution in [0.5, 0.6) is 17.2 Å². The van der Waals surface area contributed by atoms with Gasteiger partial charge in [0, 0.05) is 0 Å². The van der Waals surface area contributed by atoms with Crippen molar-refractivity contribution in [1.29, 1.82) is 0 Å². The molecule has 0 unspecified atom stereocenters. The van der Waals surface area contributed by atoms with Gasteiger partial charge in [-0.25, -0.2) is 5.43 Å². The summed E-state index contributed by atoms with van der Waals surface area (Å²) >= 11 is 0. The number of hydrogen-bond donors (Lipinski definition) is 2. The Morgan fingerprint density at radius 1 is 1.17 bits per heavy atom. The molecule has 2 aromatic carbocycles. The first-order valence-corrected chi connectivity index (χ1v) is 6.94. The zero-order valence-electron chi connectivity index (χ0n) is 12.9. The monoisotopic (exact) mass is 314 g/mol. The van der Waals surface area contributed by atoms with E-state index >= 15 is 0 Å². The number of methoxy groups -OCH3 is 2. The number of hydrazone groups is 1. The maximum absolute atomic E-state index is 11.9. The van der Waals surface area contributed by atoms with E-state index in [-0.39, 0.29) is 18.1 Å². The highest BCUT2D eigenvalue weighted by atomic mass is 16.5. The zero-order chi connectivity index (χ0) is 16.7. The molecule has 0 aliphatic carbocycles. The number of nitrogens with one attached hydrogen (secondary N) is 1. The highest BCUT2D eigenvalue weighted by Gasteiger charge is 2.07. The number of nitrogens with zero attached hydrogens (tertiary/aromatic N) is 1. The van der Waals surface area contributed by atoms with Crippen LogP contribution in [0, 0.1) is 0 Å². The molecular weight excluding hydrogens is 296 g/mol. The summed E-state index contributed by atoms with van der Waals surface area (Å²) in [5.74, 6) is 1.07. The smallest absolute Gasteiger partial charge is 0.244 e. The second-order valence-corrected chi connectivity index (χ2v) is 4.75. The molecule has 120 valence electrons. The topological polar surface area (TPSA) is 80.2 Å². The number of carbonyl (C=O) groups excluding carboxylic acids is 1. The summed E-state index contributed by atoms with van der Waals surface area (Å²) < 4.78 is 10.3. The van der Waals surface area contributed by atoms with Crippen molar-refractivity contribution in [2.24, 2.45) is 5.10 Å². The number of phenolic OH excluding ortho intramolecular Hbond substituents is 1. The summed E-state index contributed by atoms with van der Waals surface area (Å²) in [4.78, 5) is 11.9. The summed E-state index contributed by atoms with van der Waals surface area (Å²) in [6.45, 7) is 0. The minimum atomic E-state index is -0.256. The minimum absolute atomic E-state index is 0.144. The number of hydrogen-bond acceptors (Lipinski definition) is 5. The number of carbonyl (C=O) groups is 1. The predicted octanol–water partition coefficient (Wildman–Crippen LogP) is 2.10. The van der Waals surface area contributed by atoms with Crippen LogP contribution in [-0.4, -0.2) is 31.4 Å². The van der Waals surface area contributed by atoms with Crippen molar-refractivity contribution >= 4 is 12.1 Å². The van der Waals surface area contributed by atoms with E-state index < -0.39 is 0 Å². The van der Waals surface area contributed by atoms with Crippen molar-refractivity contribution in [3.8, 4) is 17.2 Å². The fourth-order valence-electron chi connectivity index (χ4n) is 2.00. The van der Waals surface area contributed by atoms with Crippen LogP contribution in [0.1, 0.15) is 11.1 Å². The SMILES string of the molecule is COc1ccc(CC(=O)N/N=C/c2cccc(O)c2)cc1OC. The molecule has 0 saturated heterocycles. The van der Waals surface area contributed by atoms with E-state index in [0.717, 1.165) is 5.56 Å². The normalized spacial score (nSPS) is 10.5. The van der Waals surface area contributed by atoms with E-state index in [0.29, 0.717) is 17.1 Å². The maximum atomic E-state index is 11.9. The van der Waals surface area contributed by atoms with Crippen molar-refractivity contribution in [2.45, 2.75) is 6.42 Å². The molecule has 6 nitrogen and oxygen atoms in total. The Morgan fingerprint density at radius 2 is 1.96 bits per heavy atom. The van der Waals surface area contributed by atoms with Gasteiger partial charge in [-0.1, -0.05) is 18.2 Å². The summed E-state index contributed by atoms with van der Waals surface area (Å²) in [7, 11) is 3.10. The summed E-state index contributed by atoms with van der Waals surface area (Å²) in [6, 6.07) is 11.9. The lowest BCUT2D eigenvalue weighted by atomic mass is 10.1. The van der Waals surface area contributed by atoms with E-state index in [1.807, 2.05) is 0 Å². The lowest BCUT2D eigenvalue weighted by Gasteiger charge is -2.09. The Labute approximate surface area is 134 Å². The summed E-state index contributed by atoms with van der Waals surface area (Å²) in [5, 5.41) is 13.2. The molecule has 0 aromatic heterocycles. The second kappa shape index (κ2) is 7.84. The maximum Gasteiger partial charge on any atom is 0.244 e. The lowest BCUT2D eigenvalue weighted by Crippen LogP contribution is -2.19. The summed E-state index contributed by atoms with van der Waals surface area (Å²) in [6.07, 6.45) is 1.63. The molecule has 0 atom stereocenters. The molecule has 2 aromatic rings. The molecule has 0 bridgehead atoms. The lowest BCUT2D eigenvalue weighted by molar-refractivity contribution is -0.120. The van der Waals surface area contributed by atoms with Crippen LogP contribution in [0.3, 0.4) is 0 Å². The van der Waals surface area contributed by atoms with Crippen LogP contribution in [0.2, 0.25) is 0 Å². The number of benzene rings is 2. The van der Waals surface area contributed by atoms with E-state index in [9.17, 15) is 9.90 Å². The average molecular weight is 314 g/mol. The first-order chi connectivity index (χ1) is 11.1. The van der Waals surface area contributed by atoms with E-state index in [1.54, 1.807) is 56.7 Å². The Morgan fingerprint density at radius 3 is 2.65 bits per heavy atom. The second-order valence-electron chi connectivity index (χ2n) is 4.75. The molecule has 0 heterocycles. The first kappa shape index (κ1) is 16.4. The van der Waals surface area contributed by atoms with E-state index in [4.69, 9.17) is 9.47 Å². The third-order valence-corrected chi connectivity index (χ3v) is 3.09. The Balaban J connectivity index is 1.94. The molecule has 2 N–H and O–H groups in total. The van der Waals surface area contributed by atoms with Gasteiger partial charge in [0.05, 0.1) is 26.9 Å². The quantitative estimate of drug-likeness (QED) is 0.632. The Kier molecular flexibility index (Phi) is 5.57. The van der Waals surface area contributed by atoms with Gasteiger partial charge in [-0.05, 0) is 35.4 Å². The highest BCUT2D eigenvalue weighted by molar-refractivity contribution is 5.83. The largest absolute Gasteiger partial charge is 0.508 e. The van der Waals surface area contributed by atoms with Gasteiger partial charge in [-0.2, -0.15) is 5.10 Å². The van der Waals surface area contributed by atoms with Gasteiger partial charge in [-0.3, -0.25) is 4.79 Å². The van der Waals surface area contributed by atoms with Crippen LogP contribution in [0.15, 0.2) is 47.6 Å². The van der Waals surface area contributed by atoms with Gasteiger partial charge >= 0.3 is 0 Å². The van der Waals surface area contributed by atoms with Gasteiger partial charge in [0.25, 0.3) is 0 Å². The molecule has 0 radical (unpaired) electrons. The molecule has 1 amide bonds. The predicted molar refractivity (Wildman–Crippen MR) is 87.1 cm³/mol. The number of amides is 1. The van der Waals surface area contributed by atoms with E-state index in [1.165, 1.54) is 6.21 Å². The van der Waals surface area contributed by atoms with Crippen LogP contribution >= 0.6 is 0 Å². The number of rotatable bonds is 6. The van der Waals surface area contributed by atoms with Crippen LogP contribution in [0.4, 0.5) is 0 Å². The molecule has 0 aliphatic rings. The van der Waals surface area contributed by atoms with Crippen LogP contribution < -0.4 is 14.9 Å². The number of aromatic hydroxyl groups is 1. The van der Waals surface area contributed by atoms with Crippen molar-refractivity contribution < 1.29 is 19.4 Å². The average Bonchev–Trinajstić information content (AvgIpc) is 2.54. The molecule has 6 heteroatoms. The molecule has 2 rings (SSSR count). The van der Waals surface area contributed by atoms with Crippen molar-refractivity contribution in [1.82, 2.24) is 5.43 Å². The highest BCUT2D eigenvalue weighted by Crippen LogP contribution is 2.27. The fraction of sp³-hybridized carbons (Fsp3) is 0.176. The van der Waals surface area contributed by atoms with Crippen molar-refractivity contribution in [3.63, 3.8) is 0 Å². The van der Waals surface area contributed by atoms with Gasteiger partial charge in [-0.15, -0.1) is 0 Å². The van der Waals surface area contributed by atoms with Gasteiger partial charge in [0.1, 0.15) is 5.75 Å². The van der Waals surface area contributed by atoms with E-state index in [2.05, 4.69) is 10.5 Å². The fourth-order valence-corrected chi connectivity index (χ4v) is 2.00. The number of phenols is 1. The van der Waals surface area contributed by atoms with Gasteiger partial charge in [0.2, 0.25) is 5.91 Å². The van der Waals surface area contributed by atoms with Crippen molar-refractivity contribution in [3.05, 3.63) is 53.6 Å². The molecule has 0 aliphatic heterocycles. The Hall–Kier alpha value is -3.02. The standard InChI is InChI=1S/C17H18N2O4/c1-22-15-7-6-12(9-16(15)23-2)10-17(21)19-18-11-13-4-3-5-14(20)8-13/h3-9,11,20H,10H2,1-2H3,(H,19,21)/b18-11+. The van der Waals surface area contributed by atoms with Gasteiger partial charge < -0.3 is 14.6 Å². The minimum Gasteiger partial charge on any atom is -0.508 e. The molecule has 0 fully saturated rings. The number of ether oxygens (including phenoxy) is 2. The molecule has 0 saturated carbocycles. The molecular formula is C17H18N2O4.